The van der Waals surface area contributed by atoms with Gasteiger partial charge < -0.3 is 4.74 Å². The Kier molecular flexibility index (Phi) is 6.29. The highest BCUT2D eigenvalue weighted by Crippen LogP contribution is 2.15. The molecule has 0 aliphatic heterocycles. The fourth-order valence-corrected chi connectivity index (χ4v) is 0.875. The van der Waals surface area contributed by atoms with Crippen molar-refractivity contribution in [2.45, 2.75) is 39.7 Å². The van der Waals surface area contributed by atoms with Gasteiger partial charge in [0.2, 0.25) is 0 Å². The number of hydroxylamine groups is 2. The first-order valence-corrected chi connectivity index (χ1v) is 4.98. The molecule has 0 radical (unpaired) electrons. The van der Waals surface area contributed by atoms with Gasteiger partial charge in [-0.25, -0.2) is 0 Å². The summed E-state index contributed by atoms with van der Waals surface area (Å²) in [6.07, 6.45) is 1.01. The van der Waals surface area contributed by atoms with Crippen LogP contribution in [0.25, 0.3) is 0 Å². The van der Waals surface area contributed by atoms with Crippen LogP contribution >= 0.6 is 0 Å². The van der Waals surface area contributed by atoms with E-state index in [1.165, 1.54) is 0 Å². The molecule has 0 fully saturated rings. The molecule has 0 atom stereocenters. The minimum Gasteiger partial charge on any atom is -0.383 e. The number of ether oxygens (including phenoxy) is 1. The van der Waals surface area contributed by atoms with Crippen LogP contribution in [0.1, 0.15) is 34.1 Å². The molecule has 0 N–H and O–H groups in total. The monoisotopic (exact) mass is 189 g/mol. The van der Waals surface area contributed by atoms with E-state index in [0.29, 0.717) is 6.61 Å². The number of rotatable bonds is 7. The molecule has 0 aromatic heterocycles. The summed E-state index contributed by atoms with van der Waals surface area (Å²) in [4.78, 5) is 5.79. The van der Waals surface area contributed by atoms with Gasteiger partial charge in [-0.05, 0) is 20.3 Å². The number of nitrogens with zero attached hydrogens (tertiary/aromatic N) is 1. The zero-order valence-electron chi connectivity index (χ0n) is 9.59. The van der Waals surface area contributed by atoms with Gasteiger partial charge in [-0.1, -0.05) is 13.8 Å². The third-order valence-electron chi connectivity index (χ3n) is 2.13. The van der Waals surface area contributed by atoms with Crippen LogP contribution in [-0.4, -0.2) is 37.5 Å². The molecule has 3 heteroatoms. The third kappa shape index (κ3) is 6.02. The van der Waals surface area contributed by atoms with E-state index in [2.05, 4.69) is 27.7 Å². The van der Waals surface area contributed by atoms with Crippen molar-refractivity contribution in [1.29, 1.82) is 0 Å². The topological polar surface area (TPSA) is 21.7 Å². The summed E-state index contributed by atoms with van der Waals surface area (Å²) in [7, 11) is 1.71. The van der Waals surface area contributed by atoms with E-state index in [-0.39, 0.29) is 5.60 Å². The Morgan fingerprint density at radius 3 is 2.23 bits per heavy atom. The third-order valence-corrected chi connectivity index (χ3v) is 2.13. The minimum absolute atomic E-state index is 0.0657. The Bertz CT molecular complexity index is 126. The molecule has 0 saturated carbocycles. The van der Waals surface area contributed by atoms with Crippen LogP contribution in [0.15, 0.2) is 0 Å². The molecular formula is C10H23NO2. The molecular weight excluding hydrogens is 166 g/mol. The van der Waals surface area contributed by atoms with Gasteiger partial charge in [0.15, 0.2) is 0 Å². The molecule has 0 unspecified atom stereocenters. The predicted octanol–water partition coefficient (Wildman–Crippen LogP) is 2.07. The van der Waals surface area contributed by atoms with E-state index in [9.17, 15) is 0 Å². The highest BCUT2D eigenvalue weighted by Gasteiger charge is 2.19. The second kappa shape index (κ2) is 6.35. The predicted molar refractivity (Wildman–Crippen MR) is 54.6 cm³/mol. The average molecular weight is 189 g/mol. The van der Waals surface area contributed by atoms with Gasteiger partial charge in [-0.3, -0.25) is 4.84 Å². The van der Waals surface area contributed by atoms with E-state index in [1.54, 1.807) is 7.11 Å². The first-order chi connectivity index (χ1) is 6.05. The maximum atomic E-state index is 5.79. The van der Waals surface area contributed by atoms with Crippen molar-refractivity contribution in [2.24, 2.45) is 0 Å². The van der Waals surface area contributed by atoms with Crippen LogP contribution < -0.4 is 0 Å². The highest BCUT2D eigenvalue weighted by molar-refractivity contribution is 4.64. The van der Waals surface area contributed by atoms with Crippen molar-refractivity contribution >= 4 is 0 Å². The second-order valence-electron chi connectivity index (χ2n) is 3.72. The summed E-state index contributed by atoms with van der Waals surface area (Å²) in [6.45, 7) is 10.9. The maximum absolute atomic E-state index is 5.79. The molecule has 13 heavy (non-hydrogen) atoms. The SMILES string of the molecule is CCN(CCOC)OC(C)(C)CC. The van der Waals surface area contributed by atoms with Crippen LogP contribution in [0, 0.1) is 0 Å². The van der Waals surface area contributed by atoms with Gasteiger partial charge in [0, 0.05) is 20.2 Å². The number of hydrogen-bond donors (Lipinski definition) is 0. The Hall–Kier alpha value is -0.120. The van der Waals surface area contributed by atoms with Crippen molar-refractivity contribution < 1.29 is 9.57 Å². The fraction of sp³-hybridized carbons (Fsp3) is 1.00. The number of methoxy groups -OCH3 is 1. The number of hydrogen-bond acceptors (Lipinski definition) is 3. The molecule has 3 nitrogen and oxygen atoms in total. The molecule has 0 aromatic rings. The largest absolute Gasteiger partial charge is 0.383 e. The molecule has 0 bridgehead atoms. The summed E-state index contributed by atoms with van der Waals surface area (Å²) in [5.41, 5.74) is -0.0657. The van der Waals surface area contributed by atoms with Gasteiger partial charge in [-0.15, -0.1) is 0 Å². The lowest BCUT2D eigenvalue weighted by molar-refractivity contribution is -0.237. The lowest BCUT2D eigenvalue weighted by Gasteiger charge is -2.31. The molecule has 0 aliphatic carbocycles. The normalized spacial score (nSPS) is 12.5. The average Bonchev–Trinajstić information content (AvgIpc) is 2.12. The van der Waals surface area contributed by atoms with E-state index in [4.69, 9.17) is 9.57 Å². The van der Waals surface area contributed by atoms with Crippen LogP contribution in [-0.2, 0) is 9.57 Å². The van der Waals surface area contributed by atoms with Crippen molar-refractivity contribution in [3.63, 3.8) is 0 Å². The van der Waals surface area contributed by atoms with E-state index < -0.39 is 0 Å². The number of likely N-dealkylation sites (N-methyl/N-ethyl adjacent to an activating group) is 1. The molecule has 0 spiro atoms. The van der Waals surface area contributed by atoms with Crippen LogP contribution in [0.2, 0.25) is 0 Å². The summed E-state index contributed by atoms with van der Waals surface area (Å²) < 4.78 is 5.00. The fourth-order valence-electron chi connectivity index (χ4n) is 0.875. The van der Waals surface area contributed by atoms with Crippen LogP contribution in [0.3, 0.4) is 0 Å². The summed E-state index contributed by atoms with van der Waals surface area (Å²) >= 11 is 0. The molecule has 0 rings (SSSR count). The first-order valence-electron chi connectivity index (χ1n) is 4.98. The zero-order valence-corrected chi connectivity index (χ0v) is 9.59. The smallest absolute Gasteiger partial charge is 0.0841 e. The second-order valence-corrected chi connectivity index (χ2v) is 3.72. The van der Waals surface area contributed by atoms with Crippen LogP contribution in [0.5, 0.6) is 0 Å². The van der Waals surface area contributed by atoms with Gasteiger partial charge in [0.25, 0.3) is 0 Å². The molecule has 0 saturated heterocycles. The Balaban J connectivity index is 3.82. The highest BCUT2D eigenvalue weighted by atomic mass is 16.7. The Morgan fingerprint density at radius 1 is 1.23 bits per heavy atom. The summed E-state index contributed by atoms with van der Waals surface area (Å²) in [5, 5.41) is 1.95. The minimum atomic E-state index is -0.0657. The Labute approximate surface area is 82.0 Å². The maximum Gasteiger partial charge on any atom is 0.0841 e. The first kappa shape index (κ1) is 12.9. The molecule has 80 valence electrons. The van der Waals surface area contributed by atoms with E-state index in [1.807, 2.05) is 5.06 Å². The Morgan fingerprint density at radius 2 is 1.85 bits per heavy atom. The molecule has 0 aliphatic rings. The summed E-state index contributed by atoms with van der Waals surface area (Å²) in [5.74, 6) is 0. The molecule has 0 heterocycles. The van der Waals surface area contributed by atoms with E-state index >= 15 is 0 Å². The van der Waals surface area contributed by atoms with Crippen LogP contribution in [0.4, 0.5) is 0 Å². The lowest BCUT2D eigenvalue weighted by Crippen LogP contribution is -2.37. The van der Waals surface area contributed by atoms with Crippen molar-refractivity contribution in [2.75, 3.05) is 26.8 Å². The standard InChI is InChI=1S/C10H23NO2/c1-6-10(3,4)13-11(7-2)8-9-12-5/h6-9H2,1-5H3. The van der Waals surface area contributed by atoms with Crippen molar-refractivity contribution in [1.82, 2.24) is 5.06 Å². The zero-order chi connectivity index (χ0) is 10.3. The quantitative estimate of drug-likeness (QED) is 0.572. The van der Waals surface area contributed by atoms with Gasteiger partial charge >= 0.3 is 0 Å². The van der Waals surface area contributed by atoms with Crippen molar-refractivity contribution in [3.8, 4) is 0 Å². The lowest BCUT2D eigenvalue weighted by atomic mass is 10.1. The van der Waals surface area contributed by atoms with Gasteiger partial charge in [-0.2, -0.15) is 5.06 Å². The summed E-state index contributed by atoms with van der Waals surface area (Å²) in [6, 6.07) is 0. The molecule has 0 aromatic carbocycles. The van der Waals surface area contributed by atoms with Crippen molar-refractivity contribution in [3.05, 3.63) is 0 Å². The van der Waals surface area contributed by atoms with E-state index in [0.717, 1.165) is 19.5 Å². The molecule has 0 amide bonds. The van der Waals surface area contributed by atoms with Gasteiger partial charge in [0.05, 0.1) is 12.2 Å². The van der Waals surface area contributed by atoms with Gasteiger partial charge in [0.1, 0.15) is 0 Å².